The normalized spacial score (nSPS) is 13.8. The van der Waals surface area contributed by atoms with Gasteiger partial charge < -0.3 is 10.2 Å². The summed E-state index contributed by atoms with van der Waals surface area (Å²) in [5.41, 5.74) is 1.31. The van der Waals surface area contributed by atoms with Crippen molar-refractivity contribution in [3.05, 3.63) is 80.3 Å². The molecule has 6 nitrogen and oxygen atoms in total. The largest absolute Gasteiger partial charge is 0.507 e. The first-order valence-electron chi connectivity index (χ1n) is 7.71. The molecule has 144 valence electrons. The quantitative estimate of drug-likeness (QED) is 0.511. The maximum atomic E-state index is 12.0. The van der Waals surface area contributed by atoms with Crippen LogP contribution in [0.4, 0.5) is 0 Å². The van der Waals surface area contributed by atoms with Crippen molar-refractivity contribution >= 4 is 53.3 Å². The lowest BCUT2D eigenvalue weighted by atomic mass is 9.90. The van der Waals surface area contributed by atoms with Gasteiger partial charge in [-0.05, 0) is 85.0 Å². The number of benzene rings is 2. The van der Waals surface area contributed by atoms with Crippen LogP contribution in [0.5, 0.6) is 11.5 Å². The molecule has 0 fully saturated rings. The summed E-state index contributed by atoms with van der Waals surface area (Å²) in [6.45, 7) is 0. The highest BCUT2D eigenvalue weighted by molar-refractivity contribution is 9.10. The average molecular weight is 528 g/mol. The van der Waals surface area contributed by atoms with Crippen molar-refractivity contribution in [3.8, 4) is 11.5 Å². The van der Waals surface area contributed by atoms with Crippen molar-refractivity contribution in [2.75, 3.05) is 0 Å². The predicted molar refractivity (Wildman–Crippen MR) is 111 cm³/mol. The molecule has 0 bridgehead atoms. The standard InChI is InChI=1S/C19H12Br2O6S/c20-14-7-11(3-6-16(14)23)19(10-1-4-12(22)5-2-10)13-8-17(24)15(21)9-18(13)28(25,26)27/h1-9,23-24H,(H,25,26,27). The van der Waals surface area contributed by atoms with Gasteiger partial charge in [-0.3, -0.25) is 9.35 Å². The van der Waals surface area contributed by atoms with Crippen molar-refractivity contribution in [3.63, 3.8) is 0 Å². The van der Waals surface area contributed by atoms with Crippen molar-refractivity contribution in [1.29, 1.82) is 0 Å². The average Bonchev–Trinajstić information content (AvgIpc) is 2.61. The van der Waals surface area contributed by atoms with Gasteiger partial charge in [-0.15, -0.1) is 0 Å². The number of carbonyl (C=O) groups excluding carboxylic acids is 1. The summed E-state index contributed by atoms with van der Waals surface area (Å²) in [7, 11) is -4.64. The van der Waals surface area contributed by atoms with E-state index < -0.39 is 15.0 Å². The third kappa shape index (κ3) is 4.12. The fraction of sp³-hybridized carbons (Fsp3) is 0. The van der Waals surface area contributed by atoms with Gasteiger partial charge in [-0.1, -0.05) is 18.2 Å². The van der Waals surface area contributed by atoms with E-state index in [9.17, 15) is 28.0 Å². The Hall–Kier alpha value is -2.20. The molecule has 0 unspecified atom stereocenters. The number of hydrogen-bond acceptors (Lipinski definition) is 5. The zero-order chi connectivity index (χ0) is 20.6. The molecule has 2 aromatic carbocycles. The number of aromatic hydroxyl groups is 2. The lowest BCUT2D eigenvalue weighted by molar-refractivity contribution is -0.110. The Bertz CT molecular complexity index is 1180. The molecule has 0 aliphatic heterocycles. The number of ketones is 1. The van der Waals surface area contributed by atoms with Crippen molar-refractivity contribution in [1.82, 2.24) is 0 Å². The summed E-state index contributed by atoms with van der Waals surface area (Å²) >= 11 is 6.27. The van der Waals surface area contributed by atoms with E-state index in [4.69, 9.17) is 0 Å². The third-order valence-electron chi connectivity index (χ3n) is 3.98. The van der Waals surface area contributed by atoms with Crippen LogP contribution in [-0.4, -0.2) is 29.0 Å². The van der Waals surface area contributed by atoms with Crippen LogP contribution in [0.2, 0.25) is 0 Å². The van der Waals surface area contributed by atoms with E-state index in [0.717, 1.165) is 6.07 Å². The molecular formula is C19H12Br2O6S. The Morgan fingerprint density at radius 2 is 1.46 bits per heavy atom. The smallest absolute Gasteiger partial charge is 0.295 e. The molecular weight excluding hydrogens is 516 g/mol. The summed E-state index contributed by atoms with van der Waals surface area (Å²) in [5, 5.41) is 19.9. The first-order chi connectivity index (χ1) is 13.1. The Morgan fingerprint density at radius 3 is 2.04 bits per heavy atom. The molecule has 0 heterocycles. The van der Waals surface area contributed by atoms with Gasteiger partial charge in [0.25, 0.3) is 10.1 Å². The topological polar surface area (TPSA) is 112 Å². The second-order valence-corrected chi connectivity index (χ2v) is 8.94. The summed E-state index contributed by atoms with van der Waals surface area (Å²) in [5.74, 6) is -0.492. The first-order valence-corrected chi connectivity index (χ1v) is 10.7. The minimum Gasteiger partial charge on any atom is -0.507 e. The van der Waals surface area contributed by atoms with E-state index in [-0.39, 0.29) is 27.3 Å². The molecule has 0 aromatic heterocycles. The SMILES string of the molecule is O=C1C=CC(=C(c2ccc(O)c(Br)c2)c2cc(O)c(Br)cc2S(=O)(=O)O)C=C1. The molecule has 0 amide bonds. The van der Waals surface area contributed by atoms with E-state index in [2.05, 4.69) is 31.9 Å². The number of halogens is 2. The van der Waals surface area contributed by atoms with Crippen LogP contribution < -0.4 is 0 Å². The van der Waals surface area contributed by atoms with Crippen LogP contribution in [0.1, 0.15) is 11.1 Å². The van der Waals surface area contributed by atoms with Gasteiger partial charge in [0.15, 0.2) is 5.78 Å². The fourth-order valence-corrected chi connectivity index (χ4v) is 4.29. The van der Waals surface area contributed by atoms with E-state index in [1.165, 1.54) is 36.4 Å². The zero-order valence-electron chi connectivity index (χ0n) is 13.9. The van der Waals surface area contributed by atoms with Gasteiger partial charge >= 0.3 is 0 Å². The van der Waals surface area contributed by atoms with Gasteiger partial charge in [-0.25, -0.2) is 0 Å². The van der Waals surface area contributed by atoms with E-state index >= 15 is 0 Å². The number of allylic oxidation sites excluding steroid dienone is 5. The van der Waals surface area contributed by atoms with Gasteiger partial charge in [0, 0.05) is 5.56 Å². The minimum absolute atomic E-state index is 0.0216. The van der Waals surface area contributed by atoms with Crippen LogP contribution in [-0.2, 0) is 14.9 Å². The van der Waals surface area contributed by atoms with E-state index in [0.29, 0.717) is 21.2 Å². The Balaban J connectivity index is 2.43. The number of hydrogen-bond donors (Lipinski definition) is 3. The maximum absolute atomic E-state index is 12.0. The minimum atomic E-state index is -4.64. The van der Waals surface area contributed by atoms with Crippen molar-refractivity contribution in [2.45, 2.75) is 4.90 Å². The second kappa shape index (κ2) is 7.67. The van der Waals surface area contributed by atoms with E-state index in [1.54, 1.807) is 12.1 Å². The highest BCUT2D eigenvalue weighted by Gasteiger charge is 2.24. The van der Waals surface area contributed by atoms with E-state index in [1.807, 2.05) is 0 Å². The Kier molecular flexibility index (Phi) is 5.62. The van der Waals surface area contributed by atoms with Crippen LogP contribution >= 0.6 is 31.9 Å². The third-order valence-corrected chi connectivity index (χ3v) is 6.14. The molecule has 0 saturated carbocycles. The maximum Gasteiger partial charge on any atom is 0.295 e. The van der Waals surface area contributed by atoms with Gasteiger partial charge in [0.05, 0.1) is 8.95 Å². The molecule has 28 heavy (non-hydrogen) atoms. The van der Waals surface area contributed by atoms with Crippen LogP contribution in [0.15, 0.2) is 74.0 Å². The number of phenolic OH excluding ortho intramolecular Hbond substituents is 2. The molecule has 3 rings (SSSR count). The lowest BCUT2D eigenvalue weighted by Crippen LogP contribution is -2.06. The molecule has 0 spiro atoms. The second-order valence-electron chi connectivity index (χ2n) is 5.84. The first kappa shape index (κ1) is 20.5. The summed E-state index contributed by atoms with van der Waals surface area (Å²) in [4.78, 5) is 11.1. The Morgan fingerprint density at radius 1 is 0.857 bits per heavy atom. The number of carbonyl (C=O) groups is 1. The van der Waals surface area contributed by atoms with Crippen molar-refractivity contribution in [2.24, 2.45) is 0 Å². The van der Waals surface area contributed by atoms with Crippen LogP contribution in [0.3, 0.4) is 0 Å². The number of phenols is 2. The molecule has 9 heteroatoms. The monoisotopic (exact) mass is 526 g/mol. The summed E-state index contributed by atoms with van der Waals surface area (Å²) in [6, 6.07) is 6.81. The van der Waals surface area contributed by atoms with Crippen LogP contribution in [0.25, 0.3) is 5.57 Å². The highest BCUT2D eigenvalue weighted by Crippen LogP contribution is 2.40. The molecule has 2 aromatic rings. The van der Waals surface area contributed by atoms with Gasteiger partial charge in [0.2, 0.25) is 0 Å². The van der Waals surface area contributed by atoms with Crippen LogP contribution in [0, 0.1) is 0 Å². The molecule has 3 N–H and O–H groups in total. The molecule has 1 aliphatic rings. The summed E-state index contributed by atoms with van der Waals surface area (Å²) < 4.78 is 34.2. The molecule has 0 atom stereocenters. The summed E-state index contributed by atoms with van der Waals surface area (Å²) in [6.07, 6.45) is 5.64. The van der Waals surface area contributed by atoms with Gasteiger partial charge in [0.1, 0.15) is 16.4 Å². The van der Waals surface area contributed by atoms with Gasteiger partial charge in [-0.2, -0.15) is 8.42 Å². The lowest BCUT2D eigenvalue weighted by Gasteiger charge is -2.17. The zero-order valence-corrected chi connectivity index (χ0v) is 17.9. The van der Waals surface area contributed by atoms with Crippen molar-refractivity contribution < 1.29 is 28.0 Å². The number of rotatable bonds is 3. The highest BCUT2D eigenvalue weighted by atomic mass is 79.9. The fourth-order valence-electron chi connectivity index (χ4n) is 2.71. The molecule has 0 saturated heterocycles. The molecule has 0 radical (unpaired) electrons. The Labute approximate surface area is 177 Å². The molecule has 1 aliphatic carbocycles. The predicted octanol–water partition coefficient (Wildman–Crippen LogP) is 4.37.